The van der Waals surface area contributed by atoms with E-state index >= 15 is 0 Å². The lowest BCUT2D eigenvalue weighted by atomic mass is 10.2. The van der Waals surface area contributed by atoms with E-state index in [0.29, 0.717) is 5.82 Å². The molecular weight excluding hydrogens is 219 g/mol. The molecule has 2 aromatic heterocycles. The number of nitrogens with zero attached hydrogens (tertiary/aromatic N) is 2. The van der Waals surface area contributed by atoms with Gasteiger partial charge < -0.3 is 5.11 Å². The first-order valence-corrected chi connectivity index (χ1v) is 5.16. The molecule has 0 bridgehead atoms. The zero-order valence-corrected chi connectivity index (χ0v) is 8.84. The Bertz CT molecular complexity index is 673. The predicted octanol–water partition coefficient (Wildman–Crippen LogP) is 2.85. The Morgan fingerprint density at radius 1 is 1.06 bits per heavy atom. The number of hydrogen-bond acceptors (Lipinski definition) is 2. The Morgan fingerprint density at radius 2 is 1.82 bits per heavy atom. The zero-order chi connectivity index (χ0) is 11.8. The van der Waals surface area contributed by atoms with E-state index < -0.39 is 0 Å². The average molecular weight is 228 g/mol. The predicted molar refractivity (Wildman–Crippen MR) is 62.3 cm³/mol. The van der Waals surface area contributed by atoms with Crippen LogP contribution in [0.3, 0.4) is 0 Å². The van der Waals surface area contributed by atoms with E-state index in [1.54, 1.807) is 41.1 Å². The van der Waals surface area contributed by atoms with E-state index in [-0.39, 0.29) is 11.6 Å². The van der Waals surface area contributed by atoms with E-state index in [9.17, 15) is 9.50 Å². The number of hydrogen-bond donors (Lipinski definition) is 1. The van der Waals surface area contributed by atoms with Crippen LogP contribution in [0.25, 0.3) is 16.9 Å². The van der Waals surface area contributed by atoms with Crippen molar-refractivity contribution in [3.8, 4) is 17.1 Å². The molecule has 17 heavy (non-hydrogen) atoms. The molecule has 4 heteroatoms. The quantitative estimate of drug-likeness (QED) is 0.695. The second-order valence-electron chi connectivity index (χ2n) is 3.77. The number of rotatable bonds is 1. The first kappa shape index (κ1) is 9.84. The van der Waals surface area contributed by atoms with Gasteiger partial charge in [0, 0.05) is 5.56 Å². The number of halogens is 1. The van der Waals surface area contributed by atoms with Crippen LogP contribution < -0.4 is 0 Å². The van der Waals surface area contributed by atoms with Gasteiger partial charge in [0.1, 0.15) is 17.4 Å². The number of pyridine rings is 1. The maximum atomic E-state index is 12.8. The van der Waals surface area contributed by atoms with E-state index in [1.807, 2.05) is 0 Å². The SMILES string of the molecule is Oc1ccc2cnc(-c3ccc(F)cc3)n2c1. The molecule has 0 fully saturated rings. The van der Waals surface area contributed by atoms with Crippen molar-refractivity contribution in [3.63, 3.8) is 0 Å². The van der Waals surface area contributed by atoms with Crippen molar-refractivity contribution in [3.05, 3.63) is 54.6 Å². The second-order valence-corrected chi connectivity index (χ2v) is 3.77. The third-order valence-electron chi connectivity index (χ3n) is 2.61. The van der Waals surface area contributed by atoms with Crippen molar-refractivity contribution in [1.29, 1.82) is 0 Å². The molecule has 0 saturated heterocycles. The summed E-state index contributed by atoms with van der Waals surface area (Å²) in [5, 5.41) is 9.46. The molecule has 3 aromatic rings. The largest absolute Gasteiger partial charge is 0.506 e. The fourth-order valence-corrected chi connectivity index (χ4v) is 1.79. The Hall–Kier alpha value is -2.36. The minimum absolute atomic E-state index is 0.166. The molecule has 0 atom stereocenters. The van der Waals surface area contributed by atoms with Gasteiger partial charge in [-0.2, -0.15) is 0 Å². The molecule has 0 aliphatic rings. The van der Waals surface area contributed by atoms with Crippen LogP contribution in [0.2, 0.25) is 0 Å². The number of aromatic nitrogens is 2. The Morgan fingerprint density at radius 3 is 2.59 bits per heavy atom. The van der Waals surface area contributed by atoms with Crippen molar-refractivity contribution in [2.45, 2.75) is 0 Å². The standard InChI is InChI=1S/C13H9FN2O/c14-10-3-1-9(2-4-10)13-15-7-11-5-6-12(17)8-16(11)13/h1-8,17H. The molecule has 0 unspecified atom stereocenters. The van der Waals surface area contributed by atoms with Gasteiger partial charge in [-0.15, -0.1) is 0 Å². The van der Waals surface area contributed by atoms with Crippen molar-refractivity contribution in [2.24, 2.45) is 0 Å². The minimum Gasteiger partial charge on any atom is -0.506 e. The van der Waals surface area contributed by atoms with Crippen molar-refractivity contribution in [2.75, 3.05) is 0 Å². The molecule has 84 valence electrons. The van der Waals surface area contributed by atoms with E-state index in [4.69, 9.17) is 0 Å². The molecule has 0 spiro atoms. The fourth-order valence-electron chi connectivity index (χ4n) is 1.79. The highest BCUT2D eigenvalue weighted by atomic mass is 19.1. The summed E-state index contributed by atoms with van der Waals surface area (Å²) in [6.07, 6.45) is 3.29. The van der Waals surface area contributed by atoms with Crippen LogP contribution >= 0.6 is 0 Å². The molecule has 0 aliphatic heterocycles. The van der Waals surface area contributed by atoms with Gasteiger partial charge in [-0.3, -0.25) is 4.40 Å². The Balaban J connectivity index is 2.23. The van der Waals surface area contributed by atoms with Gasteiger partial charge in [0.25, 0.3) is 0 Å². The summed E-state index contributed by atoms with van der Waals surface area (Å²) in [6, 6.07) is 9.47. The highest BCUT2D eigenvalue weighted by Crippen LogP contribution is 2.22. The average Bonchev–Trinajstić information content (AvgIpc) is 2.73. The lowest BCUT2D eigenvalue weighted by Gasteiger charge is -2.02. The lowest BCUT2D eigenvalue weighted by molar-refractivity contribution is 0.472. The van der Waals surface area contributed by atoms with E-state index in [0.717, 1.165) is 11.1 Å². The molecule has 1 N–H and O–H groups in total. The number of benzene rings is 1. The van der Waals surface area contributed by atoms with Crippen molar-refractivity contribution >= 4 is 5.52 Å². The topological polar surface area (TPSA) is 37.5 Å². The van der Waals surface area contributed by atoms with Gasteiger partial charge in [-0.05, 0) is 36.4 Å². The zero-order valence-electron chi connectivity index (χ0n) is 8.84. The summed E-state index contributed by atoms with van der Waals surface area (Å²) in [5.41, 5.74) is 1.68. The summed E-state index contributed by atoms with van der Waals surface area (Å²) >= 11 is 0. The number of fused-ring (bicyclic) bond motifs is 1. The summed E-state index contributed by atoms with van der Waals surface area (Å²) in [4.78, 5) is 4.27. The Kier molecular flexibility index (Phi) is 2.08. The van der Waals surface area contributed by atoms with E-state index in [2.05, 4.69) is 4.98 Å². The van der Waals surface area contributed by atoms with Gasteiger partial charge in [0.2, 0.25) is 0 Å². The first-order chi connectivity index (χ1) is 8.24. The van der Waals surface area contributed by atoms with Gasteiger partial charge in [0.05, 0.1) is 17.9 Å². The maximum absolute atomic E-state index is 12.8. The Labute approximate surface area is 96.8 Å². The van der Waals surface area contributed by atoms with Crippen LogP contribution in [0.1, 0.15) is 0 Å². The highest BCUT2D eigenvalue weighted by molar-refractivity contribution is 5.62. The molecule has 3 nitrogen and oxygen atoms in total. The number of aromatic hydroxyl groups is 1. The normalized spacial score (nSPS) is 10.9. The van der Waals surface area contributed by atoms with Crippen LogP contribution in [0.5, 0.6) is 5.75 Å². The van der Waals surface area contributed by atoms with Gasteiger partial charge in [0.15, 0.2) is 0 Å². The smallest absolute Gasteiger partial charge is 0.144 e. The highest BCUT2D eigenvalue weighted by Gasteiger charge is 2.06. The third-order valence-corrected chi connectivity index (χ3v) is 2.61. The van der Waals surface area contributed by atoms with Crippen LogP contribution in [-0.4, -0.2) is 14.5 Å². The van der Waals surface area contributed by atoms with Gasteiger partial charge in [-0.1, -0.05) is 0 Å². The molecule has 2 heterocycles. The monoisotopic (exact) mass is 228 g/mol. The van der Waals surface area contributed by atoms with Crippen molar-refractivity contribution in [1.82, 2.24) is 9.38 Å². The molecule has 0 radical (unpaired) electrons. The van der Waals surface area contributed by atoms with Crippen molar-refractivity contribution < 1.29 is 9.50 Å². The second kappa shape index (κ2) is 3.59. The first-order valence-electron chi connectivity index (χ1n) is 5.16. The molecule has 3 rings (SSSR count). The van der Waals surface area contributed by atoms with Gasteiger partial charge in [-0.25, -0.2) is 9.37 Å². The number of imidazole rings is 1. The van der Waals surface area contributed by atoms with Gasteiger partial charge >= 0.3 is 0 Å². The summed E-state index contributed by atoms with van der Waals surface area (Å²) in [6.45, 7) is 0. The lowest BCUT2D eigenvalue weighted by Crippen LogP contribution is -1.89. The third kappa shape index (κ3) is 1.63. The minimum atomic E-state index is -0.280. The van der Waals surface area contributed by atoms with Crippen LogP contribution in [0.4, 0.5) is 4.39 Å². The van der Waals surface area contributed by atoms with Crippen LogP contribution in [0.15, 0.2) is 48.8 Å². The molecule has 0 amide bonds. The molecular formula is C13H9FN2O. The summed E-state index contributed by atoms with van der Waals surface area (Å²) in [5.74, 6) is 0.562. The molecule has 1 aromatic carbocycles. The van der Waals surface area contributed by atoms with E-state index in [1.165, 1.54) is 12.1 Å². The van der Waals surface area contributed by atoms with Crippen LogP contribution in [0, 0.1) is 5.82 Å². The molecule has 0 aliphatic carbocycles. The molecule has 0 saturated carbocycles. The fraction of sp³-hybridized carbons (Fsp3) is 0. The summed E-state index contributed by atoms with van der Waals surface area (Å²) in [7, 11) is 0. The van der Waals surface area contributed by atoms with Crippen LogP contribution in [-0.2, 0) is 0 Å². The maximum Gasteiger partial charge on any atom is 0.144 e. The summed E-state index contributed by atoms with van der Waals surface area (Å²) < 4.78 is 14.6.